The van der Waals surface area contributed by atoms with Gasteiger partial charge in [0.25, 0.3) is 11.8 Å². The van der Waals surface area contributed by atoms with Crippen LogP contribution in [0, 0.1) is 6.92 Å². The largest absolute Gasteiger partial charge is 0.321 e. The summed E-state index contributed by atoms with van der Waals surface area (Å²) in [5, 5.41) is 10.9. The van der Waals surface area contributed by atoms with E-state index in [9.17, 15) is 14.4 Å². The molecule has 40 heavy (non-hydrogen) atoms. The second kappa shape index (κ2) is 13.7. The van der Waals surface area contributed by atoms with Crippen LogP contribution >= 0.6 is 23.1 Å². The molecular formula is C31H30N4O3S2. The molecule has 204 valence electrons. The summed E-state index contributed by atoms with van der Waals surface area (Å²) in [7, 11) is 0. The highest BCUT2D eigenvalue weighted by atomic mass is 32.2. The maximum Gasteiger partial charge on any atom is 0.272 e. The molecule has 9 heteroatoms. The summed E-state index contributed by atoms with van der Waals surface area (Å²) in [5.74, 6) is -0.342. The van der Waals surface area contributed by atoms with Crippen LogP contribution in [0.25, 0.3) is 6.08 Å². The normalized spacial score (nSPS) is 11.2. The van der Waals surface area contributed by atoms with Gasteiger partial charge in [0.15, 0.2) is 5.13 Å². The first-order chi connectivity index (χ1) is 19.3. The number of amides is 3. The van der Waals surface area contributed by atoms with Gasteiger partial charge in [0.05, 0.1) is 11.4 Å². The third-order valence-corrected chi connectivity index (χ3v) is 7.68. The molecule has 1 heterocycles. The van der Waals surface area contributed by atoms with Gasteiger partial charge in [-0.3, -0.25) is 14.4 Å². The summed E-state index contributed by atoms with van der Waals surface area (Å²) in [5.41, 5.74) is 3.98. The van der Waals surface area contributed by atoms with Crippen LogP contribution in [0.3, 0.4) is 0 Å². The Hall–Kier alpha value is -4.21. The van der Waals surface area contributed by atoms with Gasteiger partial charge in [-0.05, 0) is 66.4 Å². The van der Waals surface area contributed by atoms with Crippen molar-refractivity contribution in [2.24, 2.45) is 0 Å². The number of aryl methyl sites for hydroxylation is 1. The maximum atomic E-state index is 13.3. The van der Waals surface area contributed by atoms with Gasteiger partial charge in [-0.1, -0.05) is 56.3 Å². The highest BCUT2D eigenvalue weighted by Crippen LogP contribution is 2.22. The number of nitrogens with zero attached hydrogens (tertiary/aromatic N) is 1. The molecular weight excluding hydrogens is 541 g/mol. The molecule has 3 N–H and O–H groups in total. The number of nitrogens with one attached hydrogen (secondary N) is 3. The molecule has 0 aliphatic rings. The molecule has 0 aliphatic heterocycles. The van der Waals surface area contributed by atoms with E-state index in [1.54, 1.807) is 42.5 Å². The van der Waals surface area contributed by atoms with Crippen molar-refractivity contribution in [3.63, 3.8) is 0 Å². The Balaban J connectivity index is 1.42. The topological polar surface area (TPSA) is 100 Å². The van der Waals surface area contributed by atoms with Crippen molar-refractivity contribution in [2.75, 3.05) is 16.4 Å². The summed E-state index contributed by atoms with van der Waals surface area (Å²) in [6.07, 6.45) is 1.66. The average molecular weight is 571 g/mol. The lowest BCUT2D eigenvalue weighted by Crippen LogP contribution is -2.30. The van der Waals surface area contributed by atoms with E-state index >= 15 is 0 Å². The molecule has 3 amide bonds. The van der Waals surface area contributed by atoms with Crippen LogP contribution in [-0.2, 0) is 9.59 Å². The Morgan fingerprint density at radius 3 is 2.25 bits per heavy atom. The van der Waals surface area contributed by atoms with Gasteiger partial charge in [-0.2, -0.15) is 0 Å². The molecule has 0 radical (unpaired) electrons. The van der Waals surface area contributed by atoms with Gasteiger partial charge in [-0.15, -0.1) is 23.1 Å². The molecule has 0 saturated heterocycles. The minimum atomic E-state index is -0.448. The Labute approximate surface area is 242 Å². The van der Waals surface area contributed by atoms with Crippen molar-refractivity contribution in [1.29, 1.82) is 0 Å². The standard InChI is InChI=1S/C31H30N4O3S2/c1-20(2)23-11-9-22(10-12-23)17-27(34-29(37)24-7-5-4-6-8-24)30(38)33-25-13-15-26(16-14-25)39-19-28(36)35-31-32-21(3)18-40-31/h4-18,20H,19H2,1-3H3,(H,33,38)(H,34,37)(H,32,35,36)/b27-17-. The van der Waals surface area contributed by atoms with Crippen LogP contribution in [0.1, 0.15) is 46.9 Å². The number of benzene rings is 3. The predicted octanol–water partition coefficient (Wildman–Crippen LogP) is 6.72. The van der Waals surface area contributed by atoms with E-state index in [1.807, 2.05) is 54.8 Å². The first-order valence-corrected chi connectivity index (χ1v) is 14.6. The Bertz CT molecular complexity index is 1500. The minimum absolute atomic E-state index is 0.124. The van der Waals surface area contributed by atoms with E-state index in [0.717, 1.165) is 16.2 Å². The van der Waals surface area contributed by atoms with Crippen LogP contribution in [0.2, 0.25) is 0 Å². The van der Waals surface area contributed by atoms with E-state index in [2.05, 4.69) is 34.8 Å². The van der Waals surface area contributed by atoms with Crippen LogP contribution in [0.15, 0.2) is 94.8 Å². The lowest BCUT2D eigenvalue weighted by Gasteiger charge is -2.12. The van der Waals surface area contributed by atoms with E-state index in [0.29, 0.717) is 22.3 Å². The molecule has 0 aliphatic carbocycles. The summed E-state index contributed by atoms with van der Waals surface area (Å²) < 4.78 is 0. The summed E-state index contributed by atoms with van der Waals surface area (Å²) in [6, 6.07) is 23.8. The van der Waals surface area contributed by atoms with Crippen LogP contribution in [-0.4, -0.2) is 28.5 Å². The maximum absolute atomic E-state index is 13.3. The van der Waals surface area contributed by atoms with E-state index in [4.69, 9.17) is 0 Å². The summed E-state index contributed by atoms with van der Waals surface area (Å²) in [6.45, 7) is 6.11. The molecule has 0 saturated carbocycles. The zero-order chi connectivity index (χ0) is 28.5. The summed E-state index contributed by atoms with van der Waals surface area (Å²) in [4.78, 5) is 43.5. The fraction of sp³-hybridized carbons (Fsp3) is 0.161. The molecule has 0 spiro atoms. The zero-order valence-corrected chi connectivity index (χ0v) is 24.1. The second-order valence-corrected chi connectivity index (χ2v) is 11.2. The van der Waals surface area contributed by atoms with Gasteiger partial charge in [0.2, 0.25) is 5.91 Å². The molecule has 0 fully saturated rings. The van der Waals surface area contributed by atoms with Gasteiger partial charge >= 0.3 is 0 Å². The SMILES string of the molecule is Cc1csc(NC(=O)CSc2ccc(NC(=O)/C(=C/c3ccc(C(C)C)cc3)NC(=O)c3ccccc3)cc2)n1. The second-order valence-electron chi connectivity index (χ2n) is 9.31. The highest BCUT2D eigenvalue weighted by molar-refractivity contribution is 8.00. The number of carbonyl (C=O) groups is 3. The number of rotatable bonds is 10. The first kappa shape index (κ1) is 28.8. The van der Waals surface area contributed by atoms with E-state index in [-0.39, 0.29) is 23.3 Å². The zero-order valence-electron chi connectivity index (χ0n) is 22.4. The molecule has 4 aromatic rings. The molecule has 0 atom stereocenters. The number of hydrogen-bond donors (Lipinski definition) is 3. The third-order valence-electron chi connectivity index (χ3n) is 5.79. The Kier molecular flexibility index (Phi) is 9.88. The minimum Gasteiger partial charge on any atom is -0.321 e. The molecule has 0 bridgehead atoms. The number of anilines is 2. The van der Waals surface area contributed by atoms with E-state index < -0.39 is 5.91 Å². The number of aromatic nitrogens is 1. The molecule has 3 aromatic carbocycles. The van der Waals surface area contributed by atoms with Crippen molar-refractivity contribution in [2.45, 2.75) is 31.6 Å². The van der Waals surface area contributed by atoms with Crippen LogP contribution in [0.5, 0.6) is 0 Å². The fourth-order valence-corrected chi connectivity index (χ4v) is 5.04. The van der Waals surface area contributed by atoms with Crippen molar-refractivity contribution in [3.8, 4) is 0 Å². The smallest absolute Gasteiger partial charge is 0.272 e. The number of hydrogen-bond acceptors (Lipinski definition) is 6. The summed E-state index contributed by atoms with van der Waals surface area (Å²) >= 11 is 2.77. The van der Waals surface area contributed by atoms with Crippen molar-refractivity contribution in [3.05, 3.63) is 112 Å². The lowest BCUT2D eigenvalue weighted by molar-refractivity contribution is -0.114. The number of thiazole rings is 1. The van der Waals surface area contributed by atoms with Crippen molar-refractivity contribution in [1.82, 2.24) is 10.3 Å². The quantitative estimate of drug-likeness (QED) is 0.145. The van der Waals surface area contributed by atoms with Crippen molar-refractivity contribution >= 4 is 57.7 Å². The van der Waals surface area contributed by atoms with Gasteiger partial charge in [0.1, 0.15) is 5.70 Å². The Morgan fingerprint density at radius 1 is 0.925 bits per heavy atom. The predicted molar refractivity (Wildman–Crippen MR) is 164 cm³/mol. The molecule has 4 rings (SSSR count). The fourth-order valence-electron chi connectivity index (χ4n) is 3.63. The van der Waals surface area contributed by atoms with Gasteiger partial charge in [-0.25, -0.2) is 4.98 Å². The molecule has 1 aromatic heterocycles. The molecule has 0 unspecified atom stereocenters. The number of carbonyl (C=O) groups excluding carboxylic acids is 3. The van der Waals surface area contributed by atoms with Crippen LogP contribution < -0.4 is 16.0 Å². The highest BCUT2D eigenvalue weighted by Gasteiger charge is 2.15. The van der Waals surface area contributed by atoms with Crippen molar-refractivity contribution < 1.29 is 14.4 Å². The van der Waals surface area contributed by atoms with Crippen LogP contribution in [0.4, 0.5) is 10.8 Å². The molecule has 7 nitrogen and oxygen atoms in total. The number of thioether (sulfide) groups is 1. The van der Waals surface area contributed by atoms with E-state index in [1.165, 1.54) is 28.7 Å². The van der Waals surface area contributed by atoms with Gasteiger partial charge in [0, 0.05) is 21.5 Å². The van der Waals surface area contributed by atoms with Gasteiger partial charge < -0.3 is 16.0 Å². The lowest BCUT2D eigenvalue weighted by atomic mass is 10.0. The third kappa shape index (κ3) is 8.39. The first-order valence-electron chi connectivity index (χ1n) is 12.7. The monoisotopic (exact) mass is 570 g/mol. The Morgan fingerprint density at radius 2 is 1.62 bits per heavy atom. The average Bonchev–Trinajstić information content (AvgIpc) is 3.37.